The molecule has 11 nitrogen and oxygen atoms in total. The number of nitrogens with zero attached hydrogens (tertiary/aromatic N) is 3. The van der Waals surface area contributed by atoms with Crippen LogP contribution >= 0.6 is 0 Å². The first-order valence-electron chi connectivity index (χ1n) is 12.2. The summed E-state index contributed by atoms with van der Waals surface area (Å²) in [5.41, 5.74) is -0.417. The van der Waals surface area contributed by atoms with Crippen LogP contribution in [0.1, 0.15) is 71.1 Å². The van der Waals surface area contributed by atoms with Gasteiger partial charge in [0.2, 0.25) is 0 Å². The van der Waals surface area contributed by atoms with Gasteiger partial charge in [0.25, 0.3) is 5.43 Å². The monoisotopic (exact) mass is 491 g/mol. The molecule has 0 unspecified atom stereocenters. The van der Waals surface area contributed by atoms with Crippen molar-refractivity contribution in [3.63, 3.8) is 0 Å². The maximum absolute atomic E-state index is 10.9. The van der Waals surface area contributed by atoms with Gasteiger partial charge in [0, 0.05) is 38.2 Å². The topological polar surface area (TPSA) is 153 Å². The third-order valence-electron chi connectivity index (χ3n) is 5.17. The number of hydrogen-bond donors (Lipinski definition) is 2. The van der Waals surface area contributed by atoms with Crippen molar-refractivity contribution in [1.29, 1.82) is 0 Å². The van der Waals surface area contributed by atoms with Crippen molar-refractivity contribution in [3.05, 3.63) is 67.4 Å². The van der Waals surface area contributed by atoms with Gasteiger partial charge in [-0.1, -0.05) is 51.9 Å². The summed E-state index contributed by atoms with van der Waals surface area (Å²) in [7, 11) is 0. The molecule has 0 saturated carbocycles. The third-order valence-corrected chi connectivity index (χ3v) is 5.17. The lowest BCUT2D eigenvalue weighted by molar-refractivity contribution is -0.386. The molecule has 2 N–H and O–H groups in total. The van der Waals surface area contributed by atoms with E-state index < -0.39 is 21.0 Å². The van der Waals surface area contributed by atoms with Gasteiger partial charge < -0.3 is 15.0 Å². The molecule has 0 aromatic carbocycles. The molecule has 11 heteroatoms. The molecule has 0 aliphatic carbocycles. The van der Waals surface area contributed by atoms with Crippen molar-refractivity contribution in [2.24, 2.45) is 0 Å². The van der Waals surface area contributed by atoms with Crippen LogP contribution < -0.4 is 10.7 Å². The SMILES string of the molecule is CCCCCCOCCCCCCCCNc1ccncc1[N+](=O)[O-].O=c1cc[nH]cc1[N+](=O)[O-]. The molecule has 0 aliphatic heterocycles. The van der Waals surface area contributed by atoms with Crippen molar-refractivity contribution < 1.29 is 14.6 Å². The van der Waals surface area contributed by atoms with Crippen LogP contribution in [-0.4, -0.2) is 39.6 Å². The van der Waals surface area contributed by atoms with Gasteiger partial charge in [-0.3, -0.25) is 30.0 Å². The molecule has 2 aromatic heterocycles. The summed E-state index contributed by atoms with van der Waals surface area (Å²) in [4.78, 5) is 36.6. The largest absolute Gasteiger partial charge is 0.381 e. The predicted molar refractivity (Wildman–Crippen MR) is 136 cm³/mol. The fourth-order valence-electron chi connectivity index (χ4n) is 3.22. The minimum Gasteiger partial charge on any atom is -0.381 e. The number of rotatable bonds is 17. The van der Waals surface area contributed by atoms with E-state index in [-0.39, 0.29) is 5.69 Å². The number of nitrogens with one attached hydrogen (secondary N) is 2. The molecular formula is C24H37N5O6. The quantitative estimate of drug-likeness (QED) is 0.164. The van der Waals surface area contributed by atoms with Crippen molar-refractivity contribution in [1.82, 2.24) is 9.97 Å². The zero-order valence-corrected chi connectivity index (χ0v) is 20.4. The van der Waals surface area contributed by atoms with E-state index in [0.29, 0.717) is 5.69 Å². The Labute approximate surface area is 205 Å². The van der Waals surface area contributed by atoms with Crippen LogP contribution in [0.15, 0.2) is 41.7 Å². The van der Waals surface area contributed by atoms with Crippen LogP contribution in [0.3, 0.4) is 0 Å². The zero-order valence-electron chi connectivity index (χ0n) is 20.4. The summed E-state index contributed by atoms with van der Waals surface area (Å²) in [5, 5.41) is 24.0. The van der Waals surface area contributed by atoms with Crippen molar-refractivity contribution in [2.45, 2.75) is 71.1 Å². The number of aromatic nitrogens is 2. The van der Waals surface area contributed by atoms with E-state index >= 15 is 0 Å². The number of hydrogen-bond acceptors (Lipinski definition) is 8. The Morgan fingerprint density at radius 1 is 0.914 bits per heavy atom. The van der Waals surface area contributed by atoms with Gasteiger partial charge in [0.1, 0.15) is 11.9 Å². The summed E-state index contributed by atoms with van der Waals surface area (Å²) in [6.07, 6.45) is 17.3. The summed E-state index contributed by atoms with van der Waals surface area (Å²) in [5.74, 6) is 0. The average molecular weight is 492 g/mol. The number of aromatic amines is 1. The Kier molecular flexibility index (Phi) is 16.1. The second-order valence-corrected chi connectivity index (χ2v) is 8.02. The molecule has 0 spiro atoms. The first-order chi connectivity index (χ1) is 17.0. The Balaban J connectivity index is 0.000000507. The molecule has 2 aromatic rings. The average Bonchev–Trinajstić information content (AvgIpc) is 2.85. The summed E-state index contributed by atoms with van der Waals surface area (Å²) < 4.78 is 5.63. The zero-order chi connectivity index (χ0) is 25.7. The molecule has 2 rings (SSSR count). The summed E-state index contributed by atoms with van der Waals surface area (Å²) in [6, 6.07) is 2.76. The predicted octanol–water partition coefficient (Wildman–Crippen LogP) is 5.62. The highest BCUT2D eigenvalue weighted by atomic mass is 16.6. The number of pyridine rings is 2. The van der Waals surface area contributed by atoms with Gasteiger partial charge >= 0.3 is 11.4 Å². The van der Waals surface area contributed by atoms with Crippen molar-refractivity contribution in [2.75, 3.05) is 25.1 Å². The summed E-state index contributed by atoms with van der Waals surface area (Å²) >= 11 is 0. The molecular weight excluding hydrogens is 454 g/mol. The van der Waals surface area contributed by atoms with Gasteiger partial charge in [-0.2, -0.15) is 0 Å². The number of anilines is 1. The van der Waals surface area contributed by atoms with Crippen molar-refractivity contribution in [3.8, 4) is 0 Å². The maximum atomic E-state index is 10.9. The highest BCUT2D eigenvalue weighted by molar-refractivity contribution is 5.59. The highest BCUT2D eigenvalue weighted by Crippen LogP contribution is 2.21. The van der Waals surface area contributed by atoms with E-state index in [1.54, 1.807) is 12.3 Å². The molecule has 0 atom stereocenters. The molecule has 2 heterocycles. The Morgan fingerprint density at radius 2 is 1.54 bits per heavy atom. The molecule has 0 bridgehead atoms. The lowest BCUT2D eigenvalue weighted by Crippen LogP contribution is -2.05. The third kappa shape index (κ3) is 13.8. The minimum absolute atomic E-state index is 0.0391. The fourth-order valence-corrected chi connectivity index (χ4v) is 3.22. The van der Waals surface area contributed by atoms with Gasteiger partial charge in [0.05, 0.1) is 16.0 Å². The van der Waals surface area contributed by atoms with Crippen LogP contribution in [0.25, 0.3) is 0 Å². The maximum Gasteiger partial charge on any atom is 0.332 e. The van der Waals surface area contributed by atoms with E-state index in [0.717, 1.165) is 51.3 Å². The van der Waals surface area contributed by atoms with E-state index in [2.05, 4.69) is 22.2 Å². The smallest absolute Gasteiger partial charge is 0.332 e. The first kappa shape index (κ1) is 29.7. The van der Waals surface area contributed by atoms with Gasteiger partial charge in [-0.05, 0) is 25.3 Å². The van der Waals surface area contributed by atoms with Crippen LogP contribution in [0, 0.1) is 20.2 Å². The van der Waals surface area contributed by atoms with Crippen LogP contribution in [0.5, 0.6) is 0 Å². The fraction of sp³-hybridized carbons (Fsp3) is 0.583. The van der Waals surface area contributed by atoms with Gasteiger partial charge in [-0.25, -0.2) is 0 Å². The molecule has 194 valence electrons. The van der Waals surface area contributed by atoms with Gasteiger partial charge in [0.15, 0.2) is 0 Å². The summed E-state index contributed by atoms with van der Waals surface area (Å²) in [6.45, 7) is 4.78. The Morgan fingerprint density at radius 3 is 2.14 bits per heavy atom. The highest BCUT2D eigenvalue weighted by Gasteiger charge is 2.12. The number of H-pyrrole nitrogens is 1. The first-order valence-corrected chi connectivity index (χ1v) is 12.2. The van der Waals surface area contributed by atoms with Crippen LogP contribution in [0.4, 0.5) is 17.1 Å². The normalized spacial score (nSPS) is 10.3. The van der Waals surface area contributed by atoms with Gasteiger partial charge in [-0.15, -0.1) is 0 Å². The van der Waals surface area contributed by atoms with Crippen molar-refractivity contribution >= 4 is 17.1 Å². The number of unbranched alkanes of at least 4 members (excludes halogenated alkanes) is 8. The van der Waals surface area contributed by atoms with E-state index in [1.807, 2.05) is 0 Å². The molecule has 0 aliphatic rings. The minimum atomic E-state index is -0.723. The lowest BCUT2D eigenvalue weighted by atomic mass is 10.1. The number of nitro groups is 2. The van der Waals surface area contributed by atoms with E-state index in [1.165, 1.54) is 57.3 Å². The Bertz CT molecular complexity index is 921. The second-order valence-electron chi connectivity index (χ2n) is 8.02. The lowest BCUT2D eigenvalue weighted by Gasteiger charge is -2.07. The van der Waals surface area contributed by atoms with E-state index in [4.69, 9.17) is 4.74 Å². The number of ether oxygens (including phenoxy) is 1. The molecule has 0 fully saturated rings. The van der Waals surface area contributed by atoms with Crippen LogP contribution in [0.2, 0.25) is 0 Å². The standard InChI is InChI=1S/C19H33N3O3.C5H4N2O3/c1-2-3-4-10-15-25-16-11-8-6-5-7-9-13-21-18-12-14-20-17-19(18)22(23)24;8-5-1-2-6-3-4(5)7(9)10/h12,14,17H,2-11,13,15-16H2,1H3,(H,20,21);1-3H,(H,6,8). The molecule has 0 amide bonds. The van der Waals surface area contributed by atoms with Crippen LogP contribution in [-0.2, 0) is 4.74 Å². The van der Waals surface area contributed by atoms with E-state index in [9.17, 15) is 25.0 Å². The molecule has 35 heavy (non-hydrogen) atoms. The molecule has 0 radical (unpaired) electrons. The Hall–Kier alpha value is -3.34. The second kappa shape index (κ2) is 19.0. The molecule has 0 saturated heterocycles.